The average Bonchev–Trinajstić information content (AvgIpc) is 2.25. The van der Waals surface area contributed by atoms with Gasteiger partial charge in [-0.25, -0.2) is 0 Å². The van der Waals surface area contributed by atoms with Crippen molar-refractivity contribution in [2.24, 2.45) is 0 Å². The maximum Gasteiger partial charge on any atom is 0.325 e. The lowest BCUT2D eigenvalue weighted by Gasteiger charge is -2.15. The summed E-state index contributed by atoms with van der Waals surface area (Å²) in [5.74, 6) is -2.08. The van der Waals surface area contributed by atoms with Crippen molar-refractivity contribution in [2.75, 3.05) is 6.54 Å². The first-order valence-corrected chi connectivity index (χ1v) is 5.32. The quantitative estimate of drug-likeness (QED) is 0.719. The Bertz CT molecular complexity index is 422. The van der Waals surface area contributed by atoms with Crippen molar-refractivity contribution in [3.05, 3.63) is 34.9 Å². The van der Waals surface area contributed by atoms with E-state index < -0.39 is 18.0 Å². The van der Waals surface area contributed by atoms with Crippen LogP contribution in [0.5, 0.6) is 0 Å². The fourth-order valence-electron chi connectivity index (χ4n) is 1.36. The Morgan fingerprint density at radius 2 is 1.94 bits per heavy atom. The summed E-state index contributed by atoms with van der Waals surface area (Å²) < 4.78 is 0. The minimum absolute atomic E-state index is 0.0670. The summed E-state index contributed by atoms with van der Waals surface area (Å²) in [6.45, 7) is 0.0670. The molecule has 0 bridgehead atoms. The molecule has 1 aromatic carbocycles. The van der Waals surface area contributed by atoms with E-state index in [0.29, 0.717) is 10.6 Å². The Hall–Kier alpha value is -1.59. The van der Waals surface area contributed by atoms with Crippen LogP contribution in [-0.2, 0) is 9.59 Å². The number of carboxylic acid groups (broad SMARTS) is 2. The summed E-state index contributed by atoms with van der Waals surface area (Å²) in [6.07, 6.45) is -0.145. The summed E-state index contributed by atoms with van der Waals surface area (Å²) in [5.41, 5.74) is 0.423. The first-order valence-electron chi connectivity index (χ1n) is 4.94. The van der Waals surface area contributed by atoms with Gasteiger partial charge in [-0.1, -0.05) is 29.8 Å². The van der Waals surface area contributed by atoms with E-state index in [2.05, 4.69) is 5.32 Å². The van der Waals surface area contributed by atoms with Gasteiger partial charge in [-0.3, -0.25) is 9.59 Å². The highest BCUT2D eigenvalue weighted by Gasteiger charge is 2.21. The molecule has 0 fully saturated rings. The van der Waals surface area contributed by atoms with Gasteiger partial charge in [-0.2, -0.15) is 0 Å². The summed E-state index contributed by atoms with van der Waals surface area (Å²) in [6, 6.07) is 5.56. The van der Waals surface area contributed by atoms with Gasteiger partial charge in [0.1, 0.15) is 6.04 Å². The second kappa shape index (κ2) is 6.22. The van der Waals surface area contributed by atoms with Crippen LogP contribution in [0.1, 0.15) is 18.0 Å². The van der Waals surface area contributed by atoms with Crippen molar-refractivity contribution >= 4 is 23.5 Å². The van der Waals surface area contributed by atoms with Crippen molar-refractivity contribution in [2.45, 2.75) is 12.5 Å². The molecule has 0 saturated heterocycles. The molecule has 0 aromatic heterocycles. The average molecular weight is 258 g/mol. The van der Waals surface area contributed by atoms with Gasteiger partial charge < -0.3 is 15.5 Å². The predicted molar refractivity (Wildman–Crippen MR) is 62.1 cm³/mol. The van der Waals surface area contributed by atoms with Gasteiger partial charge in [-0.05, 0) is 11.6 Å². The van der Waals surface area contributed by atoms with Crippen molar-refractivity contribution in [3.8, 4) is 0 Å². The molecule has 92 valence electrons. The third-order valence-electron chi connectivity index (χ3n) is 2.15. The Labute approximate surface area is 103 Å². The molecule has 0 spiro atoms. The highest BCUT2D eigenvalue weighted by Crippen LogP contribution is 2.22. The second-order valence-corrected chi connectivity index (χ2v) is 3.80. The largest absolute Gasteiger partial charge is 0.481 e. The highest BCUT2D eigenvalue weighted by atomic mass is 35.5. The molecule has 0 heterocycles. The molecule has 0 aliphatic carbocycles. The highest BCUT2D eigenvalue weighted by molar-refractivity contribution is 6.31. The number of halogens is 1. The maximum absolute atomic E-state index is 11.1. The number of benzene rings is 1. The smallest absolute Gasteiger partial charge is 0.325 e. The molecule has 1 atom stereocenters. The molecular weight excluding hydrogens is 246 g/mol. The molecule has 0 aliphatic heterocycles. The zero-order chi connectivity index (χ0) is 12.8. The topological polar surface area (TPSA) is 86.6 Å². The van der Waals surface area contributed by atoms with Crippen LogP contribution >= 0.6 is 11.6 Å². The second-order valence-electron chi connectivity index (χ2n) is 3.39. The molecular formula is C11H12ClNO4. The van der Waals surface area contributed by atoms with Crippen LogP contribution in [0.4, 0.5) is 0 Å². The van der Waals surface area contributed by atoms with Gasteiger partial charge in [0.25, 0.3) is 0 Å². The number of rotatable bonds is 6. The van der Waals surface area contributed by atoms with Gasteiger partial charge in [0, 0.05) is 11.6 Å². The van der Waals surface area contributed by atoms with Gasteiger partial charge in [0.05, 0.1) is 6.42 Å². The Morgan fingerprint density at radius 1 is 1.29 bits per heavy atom. The third-order valence-corrected chi connectivity index (χ3v) is 2.49. The molecule has 0 radical (unpaired) electrons. The Kier molecular flexibility index (Phi) is 4.93. The van der Waals surface area contributed by atoms with Crippen molar-refractivity contribution < 1.29 is 19.8 Å². The van der Waals surface area contributed by atoms with Gasteiger partial charge in [0.2, 0.25) is 0 Å². The van der Waals surface area contributed by atoms with Gasteiger partial charge in [-0.15, -0.1) is 0 Å². The van der Waals surface area contributed by atoms with Crippen LogP contribution in [-0.4, -0.2) is 28.7 Å². The Morgan fingerprint density at radius 3 is 2.47 bits per heavy atom. The standard InChI is InChI=1S/C11H12ClNO4/c12-8-4-2-1-3-7(8)10(11(16)17)13-6-5-9(14)15/h1-4,10,13H,5-6H2,(H,14,15)(H,16,17). The van der Waals surface area contributed by atoms with Crippen molar-refractivity contribution in [3.63, 3.8) is 0 Å². The van der Waals surface area contributed by atoms with Crippen LogP contribution in [0, 0.1) is 0 Å². The molecule has 17 heavy (non-hydrogen) atoms. The van der Waals surface area contributed by atoms with Crippen LogP contribution in [0.25, 0.3) is 0 Å². The third kappa shape index (κ3) is 4.05. The molecule has 6 heteroatoms. The van der Waals surface area contributed by atoms with E-state index in [4.69, 9.17) is 21.8 Å². The van der Waals surface area contributed by atoms with Crippen LogP contribution < -0.4 is 5.32 Å². The number of carbonyl (C=O) groups is 2. The zero-order valence-electron chi connectivity index (χ0n) is 8.89. The predicted octanol–water partition coefficient (Wildman–Crippen LogP) is 1.53. The molecule has 3 N–H and O–H groups in total. The number of carboxylic acids is 2. The van der Waals surface area contributed by atoms with E-state index in [1.807, 2.05) is 0 Å². The first-order chi connectivity index (χ1) is 8.02. The van der Waals surface area contributed by atoms with E-state index in [9.17, 15) is 9.59 Å². The lowest BCUT2D eigenvalue weighted by Crippen LogP contribution is -2.30. The van der Waals surface area contributed by atoms with Gasteiger partial charge >= 0.3 is 11.9 Å². The van der Waals surface area contributed by atoms with E-state index in [1.165, 1.54) is 0 Å². The molecule has 0 amide bonds. The number of aliphatic carboxylic acids is 2. The van der Waals surface area contributed by atoms with Crippen molar-refractivity contribution in [1.29, 1.82) is 0 Å². The van der Waals surface area contributed by atoms with Crippen LogP contribution in [0.15, 0.2) is 24.3 Å². The van der Waals surface area contributed by atoms with Crippen LogP contribution in [0.3, 0.4) is 0 Å². The zero-order valence-corrected chi connectivity index (χ0v) is 9.65. The number of hydrogen-bond acceptors (Lipinski definition) is 3. The molecule has 5 nitrogen and oxygen atoms in total. The summed E-state index contributed by atoms with van der Waals surface area (Å²) in [4.78, 5) is 21.4. The number of hydrogen-bond donors (Lipinski definition) is 3. The summed E-state index contributed by atoms with van der Waals surface area (Å²) in [5, 5.41) is 20.5. The number of nitrogens with one attached hydrogen (secondary N) is 1. The van der Waals surface area contributed by atoms with E-state index in [0.717, 1.165) is 0 Å². The lowest BCUT2D eigenvalue weighted by molar-refractivity contribution is -0.141. The van der Waals surface area contributed by atoms with Crippen LogP contribution in [0.2, 0.25) is 5.02 Å². The van der Waals surface area contributed by atoms with E-state index in [1.54, 1.807) is 24.3 Å². The summed E-state index contributed by atoms with van der Waals surface area (Å²) >= 11 is 5.88. The fraction of sp³-hybridized carbons (Fsp3) is 0.273. The SMILES string of the molecule is O=C(O)CCNC(C(=O)O)c1ccccc1Cl. The minimum atomic E-state index is -1.09. The maximum atomic E-state index is 11.1. The molecule has 0 aliphatic rings. The van der Waals surface area contributed by atoms with Gasteiger partial charge in [0.15, 0.2) is 0 Å². The Balaban J connectivity index is 2.76. The van der Waals surface area contributed by atoms with E-state index >= 15 is 0 Å². The summed E-state index contributed by atoms with van der Waals surface area (Å²) in [7, 11) is 0. The molecule has 1 aromatic rings. The van der Waals surface area contributed by atoms with E-state index in [-0.39, 0.29) is 13.0 Å². The minimum Gasteiger partial charge on any atom is -0.481 e. The lowest BCUT2D eigenvalue weighted by atomic mass is 10.1. The fourth-order valence-corrected chi connectivity index (χ4v) is 1.61. The van der Waals surface area contributed by atoms with Crippen molar-refractivity contribution in [1.82, 2.24) is 5.32 Å². The normalized spacial score (nSPS) is 12.1. The molecule has 1 unspecified atom stereocenters. The first kappa shape index (κ1) is 13.5. The monoisotopic (exact) mass is 257 g/mol. The molecule has 0 saturated carbocycles. The molecule has 1 rings (SSSR count).